The standard InChI is InChI=1S/C18H28N4O6/c19-12(16(23)24)2-1-3-15-11(5-7-14(21)18(27)28)8-10(9-22-15)4-6-13(20)17(25)26/h8-9,12-14H,1-7,19-21H2,(H,23,24)(H,25,26)(H,27,28)/t12-,13-,14-/m0/s1. The van der Waals surface area contributed by atoms with Gasteiger partial charge in [0, 0.05) is 11.9 Å². The smallest absolute Gasteiger partial charge is 0.320 e. The van der Waals surface area contributed by atoms with Gasteiger partial charge in [0.15, 0.2) is 0 Å². The number of carboxylic acid groups (broad SMARTS) is 3. The quantitative estimate of drug-likeness (QED) is 0.252. The summed E-state index contributed by atoms with van der Waals surface area (Å²) in [5.41, 5.74) is 18.9. The molecule has 0 aliphatic carbocycles. The van der Waals surface area contributed by atoms with E-state index in [9.17, 15) is 14.4 Å². The molecule has 0 spiro atoms. The number of aliphatic carboxylic acids is 3. The maximum Gasteiger partial charge on any atom is 0.320 e. The molecule has 1 heterocycles. The Morgan fingerprint density at radius 3 is 1.86 bits per heavy atom. The van der Waals surface area contributed by atoms with E-state index in [1.54, 1.807) is 6.20 Å². The van der Waals surface area contributed by atoms with E-state index in [1.165, 1.54) is 0 Å². The third-order valence-electron chi connectivity index (χ3n) is 4.47. The summed E-state index contributed by atoms with van der Waals surface area (Å²) in [5.74, 6) is -3.23. The summed E-state index contributed by atoms with van der Waals surface area (Å²) < 4.78 is 0. The summed E-state index contributed by atoms with van der Waals surface area (Å²) >= 11 is 0. The number of carboxylic acids is 3. The third-order valence-corrected chi connectivity index (χ3v) is 4.47. The van der Waals surface area contributed by atoms with E-state index in [0.717, 1.165) is 16.8 Å². The highest BCUT2D eigenvalue weighted by Gasteiger charge is 2.16. The van der Waals surface area contributed by atoms with Gasteiger partial charge in [-0.1, -0.05) is 6.07 Å². The van der Waals surface area contributed by atoms with Crippen molar-refractivity contribution in [3.05, 3.63) is 29.1 Å². The van der Waals surface area contributed by atoms with Crippen molar-refractivity contribution in [1.82, 2.24) is 4.98 Å². The molecule has 0 fully saturated rings. The summed E-state index contributed by atoms with van der Waals surface area (Å²) in [7, 11) is 0. The topological polar surface area (TPSA) is 203 Å². The fourth-order valence-electron chi connectivity index (χ4n) is 2.66. The molecule has 0 bridgehead atoms. The minimum atomic E-state index is -1.09. The zero-order chi connectivity index (χ0) is 21.3. The van der Waals surface area contributed by atoms with Gasteiger partial charge >= 0.3 is 17.9 Å². The maximum absolute atomic E-state index is 10.9. The summed E-state index contributed by atoms with van der Waals surface area (Å²) in [5, 5.41) is 26.7. The fourth-order valence-corrected chi connectivity index (χ4v) is 2.66. The number of carbonyl (C=O) groups is 3. The Hall–Kier alpha value is -2.56. The molecule has 28 heavy (non-hydrogen) atoms. The molecule has 1 rings (SSSR count). The van der Waals surface area contributed by atoms with Crippen LogP contribution in [0.5, 0.6) is 0 Å². The van der Waals surface area contributed by atoms with Gasteiger partial charge in [0.25, 0.3) is 0 Å². The van der Waals surface area contributed by atoms with Gasteiger partial charge in [-0.2, -0.15) is 0 Å². The summed E-state index contributed by atoms with van der Waals surface area (Å²) in [4.78, 5) is 37.0. The predicted molar refractivity (Wildman–Crippen MR) is 101 cm³/mol. The molecular weight excluding hydrogens is 368 g/mol. The molecule has 156 valence electrons. The Bertz CT molecular complexity index is 697. The van der Waals surface area contributed by atoms with Crippen molar-refractivity contribution in [2.45, 2.75) is 63.1 Å². The summed E-state index contributed by atoms with van der Waals surface area (Å²) in [6, 6.07) is -1.07. The Morgan fingerprint density at radius 1 is 0.821 bits per heavy atom. The number of hydrogen-bond acceptors (Lipinski definition) is 7. The average molecular weight is 396 g/mol. The van der Waals surface area contributed by atoms with Crippen molar-refractivity contribution in [2.75, 3.05) is 0 Å². The van der Waals surface area contributed by atoms with Crippen LogP contribution >= 0.6 is 0 Å². The zero-order valence-corrected chi connectivity index (χ0v) is 15.6. The highest BCUT2D eigenvalue weighted by atomic mass is 16.4. The maximum atomic E-state index is 10.9. The van der Waals surface area contributed by atoms with E-state index in [0.29, 0.717) is 32.1 Å². The largest absolute Gasteiger partial charge is 0.480 e. The van der Waals surface area contributed by atoms with Gasteiger partial charge in [0.2, 0.25) is 0 Å². The van der Waals surface area contributed by atoms with Crippen LogP contribution in [0.25, 0.3) is 0 Å². The highest BCUT2D eigenvalue weighted by Crippen LogP contribution is 2.17. The first-order valence-electron chi connectivity index (χ1n) is 9.03. The van der Waals surface area contributed by atoms with Crippen LogP contribution < -0.4 is 17.2 Å². The fraction of sp³-hybridized carbons (Fsp3) is 0.556. The van der Waals surface area contributed by atoms with Gasteiger partial charge in [0.05, 0.1) is 0 Å². The summed E-state index contributed by atoms with van der Waals surface area (Å²) in [6.07, 6.45) is 4.20. The second-order valence-electron chi connectivity index (χ2n) is 6.75. The third kappa shape index (κ3) is 7.99. The normalized spacial score (nSPS) is 14.2. The van der Waals surface area contributed by atoms with Crippen LogP contribution in [0.1, 0.15) is 42.5 Å². The van der Waals surface area contributed by atoms with Crippen LogP contribution in [0.15, 0.2) is 12.3 Å². The van der Waals surface area contributed by atoms with Crippen molar-refractivity contribution in [1.29, 1.82) is 0 Å². The van der Waals surface area contributed by atoms with E-state index >= 15 is 0 Å². The van der Waals surface area contributed by atoms with E-state index in [1.807, 2.05) is 6.07 Å². The molecule has 9 N–H and O–H groups in total. The lowest BCUT2D eigenvalue weighted by Crippen LogP contribution is -2.31. The van der Waals surface area contributed by atoms with Crippen molar-refractivity contribution in [3.8, 4) is 0 Å². The van der Waals surface area contributed by atoms with Crippen LogP contribution in [-0.2, 0) is 33.6 Å². The number of nitrogens with zero attached hydrogens (tertiary/aromatic N) is 1. The van der Waals surface area contributed by atoms with Gasteiger partial charge in [-0.15, -0.1) is 0 Å². The minimum Gasteiger partial charge on any atom is -0.480 e. The number of aryl methyl sites for hydroxylation is 3. The van der Waals surface area contributed by atoms with E-state index in [-0.39, 0.29) is 12.8 Å². The Morgan fingerprint density at radius 2 is 1.32 bits per heavy atom. The Labute approximate surface area is 162 Å². The SMILES string of the molecule is N[C@@H](CCCc1ncc(CC[C@H](N)C(=O)O)cc1CC[C@H](N)C(=O)O)C(=O)O. The lowest BCUT2D eigenvalue weighted by Gasteiger charge is -2.14. The van der Waals surface area contributed by atoms with Crippen molar-refractivity contribution < 1.29 is 29.7 Å². The molecule has 0 saturated carbocycles. The molecule has 3 atom stereocenters. The molecule has 0 aliphatic rings. The molecule has 1 aromatic heterocycles. The zero-order valence-electron chi connectivity index (χ0n) is 15.6. The van der Waals surface area contributed by atoms with Crippen molar-refractivity contribution in [3.63, 3.8) is 0 Å². The molecule has 0 radical (unpaired) electrons. The monoisotopic (exact) mass is 396 g/mol. The van der Waals surface area contributed by atoms with Gasteiger partial charge < -0.3 is 32.5 Å². The molecule has 10 nitrogen and oxygen atoms in total. The van der Waals surface area contributed by atoms with Gasteiger partial charge in [-0.3, -0.25) is 19.4 Å². The first kappa shape index (κ1) is 23.5. The van der Waals surface area contributed by atoms with Gasteiger partial charge in [0.1, 0.15) is 18.1 Å². The first-order valence-corrected chi connectivity index (χ1v) is 9.03. The molecular formula is C18H28N4O6. The van der Waals surface area contributed by atoms with Crippen LogP contribution in [-0.4, -0.2) is 56.3 Å². The first-order chi connectivity index (χ1) is 13.1. The molecule has 0 aromatic carbocycles. The Kier molecular flexibility index (Phi) is 9.49. The molecule has 10 heteroatoms. The van der Waals surface area contributed by atoms with Crippen LogP contribution in [0.4, 0.5) is 0 Å². The second-order valence-corrected chi connectivity index (χ2v) is 6.75. The molecule has 0 aliphatic heterocycles. The van der Waals surface area contributed by atoms with Crippen LogP contribution in [0.3, 0.4) is 0 Å². The van der Waals surface area contributed by atoms with E-state index in [2.05, 4.69) is 4.98 Å². The molecule has 0 saturated heterocycles. The Balaban J connectivity index is 2.85. The molecule has 0 amide bonds. The number of pyridine rings is 1. The average Bonchev–Trinajstić information content (AvgIpc) is 2.64. The molecule has 0 unspecified atom stereocenters. The lowest BCUT2D eigenvalue weighted by molar-refractivity contribution is -0.139. The summed E-state index contributed by atoms with van der Waals surface area (Å²) in [6.45, 7) is 0. The van der Waals surface area contributed by atoms with Gasteiger partial charge in [-0.05, 0) is 56.1 Å². The lowest BCUT2D eigenvalue weighted by atomic mass is 9.97. The second kappa shape index (κ2) is 11.3. The van der Waals surface area contributed by atoms with Crippen LogP contribution in [0, 0.1) is 0 Å². The predicted octanol–water partition coefficient (Wildman–Crippen LogP) is -0.495. The van der Waals surface area contributed by atoms with E-state index < -0.39 is 36.0 Å². The van der Waals surface area contributed by atoms with Crippen LogP contribution in [0.2, 0.25) is 0 Å². The highest BCUT2D eigenvalue weighted by molar-refractivity contribution is 5.73. The number of hydrogen-bond donors (Lipinski definition) is 6. The number of nitrogens with two attached hydrogens (primary N) is 3. The van der Waals surface area contributed by atoms with E-state index in [4.69, 9.17) is 32.5 Å². The minimum absolute atomic E-state index is 0.219. The van der Waals surface area contributed by atoms with Crippen molar-refractivity contribution in [2.24, 2.45) is 17.2 Å². The molecule has 1 aromatic rings. The number of rotatable bonds is 13. The number of aromatic nitrogens is 1. The van der Waals surface area contributed by atoms with Gasteiger partial charge in [-0.25, -0.2) is 0 Å². The van der Waals surface area contributed by atoms with Crippen molar-refractivity contribution >= 4 is 17.9 Å².